The Morgan fingerprint density at radius 1 is 1.12 bits per heavy atom. The van der Waals surface area contributed by atoms with Crippen LogP contribution in [0.1, 0.15) is 36.3 Å². The number of carbonyl (C=O) groups is 1. The van der Waals surface area contributed by atoms with Crippen LogP contribution in [0.25, 0.3) is 5.78 Å². The van der Waals surface area contributed by atoms with Crippen molar-refractivity contribution < 1.29 is 4.79 Å². The van der Waals surface area contributed by atoms with E-state index in [1.165, 1.54) is 12.8 Å². The third-order valence-corrected chi connectivity index (χ3v) is 5.87. The van der Waals surface area contributed by atoms with Crippen molar-refractivity contribution >= 4 is 11.7 Å². The van der Waals surface area contributed by atoms with Gasteiger partial charge < -0.3 is 9.80 Å². The van der Waals surface area contributed by atoms with Crippen LogP contribution in [0.15, 0.2) is 18.5 Å². The molecule has 2 saturated carbocycles. The topological polar surface area (TPSA) is 66.6 Å². The molecule has 0 radical (unpaired) electrons. The highest BCUT2D eigenvalue weighted by Gasteiger charge is 2.44. The van der Waals surface area contributed by atoms with Gasteiger partial charge in [0.25, 0.3) is 11.7 Å². The zero-order valence-corrected chi connectivity index (χ0v) is 14.5. The minimum Gasteiger partial charge on any atom is -0.336 e. The maximum atomic E-state index is 12.7. The van der Waals surface area contributed by atoms with E-state index in [0.717, 1.165) is 24.7 Å². The number of carbonyl (C=O) groups excluding carboxylic acids is 1. The molecule has 2 heterocycles. The summed E-state index contributed by atoms with van der Waals surface area (Å²) >= 11 is 0. The van der Waals surface area contributed by atoms with Gasteiger partial charge in [0.1, 0.15) is 0 Å². The van der Waals surface area contributed by atoms with E-state index in [1.54, 1.807) is 23.0 Å². The second-order valence-electron chi connectivity index (χ2n) is 7.45. The molecule has 4 rings (SSSR count). The summed E-state index contributed by atoms with van der Waals surface area (Å²) in [4.78, 5) is 25.3. The van der Waals surface area contributed by atoms with Crippen LogP contribution in [0.3, 0.4) is 0 Å². The Morgan fingerprint density at radius 3 is 2.42 bits per heavy atom. The summed E-state index contributed by atoms with van der Waals surface area (Å²) in [6.45, 7) is 0. The smallest absolute Gasteiger partial charge is 0.293 e. The molecule has 0 unspecified atom stereocenters. The Kier molecular flexibility index (Phi) is 3.75. The highest BCUT2D eigenvalue weighted by atomic mass is 16.2. The minimum atomic E-state index is -0.102. The Morgan fingerprint density at radius 2 is 1.79 bits per heavy atom. The maximum absolute atomic E-state index is 12.7. The van der Waals surface area contributed by atoms with Gasteiger partial charge in [-0.3, -0.25) is 4.79 Å². The summed E-state index contributed by atoms with van der Waals surface area (Å²) in [6.07, 6.45) is 8.12. The summed E-state index contributed by atoms with van der Waals surface area (Å²) < 4.78 is 1.55. The predicted molar refractivity (Wildman–Crippen MR) is 89.6 cm³/mol. The first-order chi connectivity index (χ1) is 11.5. The van der Waals surface area contributed by atoms with Crippen LogP contribution in [0.2, 0.25) is 0 Å². The second-order valence-corrected chi connectivity index (χ2v) is 7.45. The Bertz CT molecular complexity index is 709. The molecule has 7 nitrogen and oxygen atoms in total. The Hall–Kier alpha value is -2.02. The highest BCUT2D eigenvalue weighted by Crippen LogP contribution is 2.46. The molecule has 0 aliphatic heterocycles. The molecule has 2 aromatic heterocycles. The predicted octanol–water partition coefficient (Wildman–Crippen LogP) is 1.32. The molecule has 7 heteroatoms. The molecule has 128 valence electrons. The van der Waals surface area contributed by atoms with Crippen LogP contribution in [0.4, 0.5) is 0 Å². The fraction of sp³-hybridized carbons (Fsp3) is 0.647. The van der Waals surface area contributed by atoms with Crippen LogP contribution in [-0.2, 0) is 0 Å². The van der Waals surface area contributed by atoms with Crippen molar-refractivity contribution in [3.8, 4) is 0 Å². The van der Waals surface area contributed by atoms with Gasteiger partial charge in [-0.2, -0.15) is 4.98 Å². The number of aromatic nitrogens is 4. The van der Waals surface area contributed by atoms with Crippen molar-refractivity contribution in [3.63, 3.8) is 0 Å². The number of nitrogens with zero attached hydrogens (tertiary/aromatic N) is 6. The van der Waals surface area contributed by atoms with E-state index < -0.39 is 0 Å². The molecular weight excluding hydrogens is 304 g/mol. The molecule has 0 N–H and O–H groups in total. The SMILES string of the molecule is CN(C)C1C[C@@H]2CC(N(C)C(=O)c3nc4ncccn4n3)C[C@H]2C1. The third-order valence-electron chi connectivity index (χ3n) is 5.87. The van der Waals surface area contributed by atoms with Crippen LogP contribution < -0.4 is 0 Å². The number of rotatable bonds is 3. The van der Waals surface area contributed by atoms with Gasteiger partial charge in [-0.15, -0.1) is 5.10 Å². The first-order valence-corrected chi connectivity index (χ1v) is 8.64. The van der Waals surface area contributed by atoms with Crippen molar-refractivity contribution in [1.82, 2.24) is 29.4 Å². The van der Waals surface area contributed by atoms with Crippen LogP contribution >= 0.6 is 0 Å². The van der Waals surface area contributed by atoms with Gasteiger partial charge in [-0.25, -0.2) is 9.50 Å². The average Bonchev–Trinajstić information content (AvgIpc) is 3.24. The zero-order chi connectivity index (χ0) is 16.8. The Balaban J connectivity index is 1.45. The summed E-state index contributed by atoms with van der Waals surface area (Å²) in [5, 5.41) is 4.26. The number of hydrogen-bond donors (Lipinski definition) is 0. The molecule has 2 fully saturated rings. The van der Waals surface area contributed by atoms with E-state index in [-0.39, 0.29) is 11.7 Å². The minimum absolute atomic E-state index is 0.102. The van der Waals surface area contributed by atoms with Gasteiger partial charge in [0.15, 0.2) is 0 Å². The second kappa shape index (κ2) is 5.81. The molecule has 0 bridgehead atoms. The lowest BCUT2D eigenvalue weighted by Gasteiger charge is -2.26. The molecule has 2 aliphatic rings. The molecule has 24 heavy (non-hydrogen) atoms. The first-order valence-electron chi connectivity index (χ1n) is 8.64. The molecular formula is C17H24N6O. The first kappa shape index (κ1) is 15.5. The molecule has 2 atom stereocenters. The molecule has 0 aromatic carbocycles. The summed E-state index contributed by atoms with van der Waals surface area (Å²) in [5.41, 5.74) is 0. The molecule has 1 amide bonds. The third kappa shape index (κ3) is 2.56. The van der Waals surface area contributed by atoms with Crippen molar-refractivity contribution in [2.45, 2.75) is 37.8 Å². The monoisotopic (exact) mass is 328 g/mol. The summed E-state index contributed by atoms with van der Waals surface area (Å²) in [6, 6.07) is 2.78. The van der Waals surface area contributed by atoms with Gasteiger partial charge in [-0.05, 0) is 57.7 Å². The number of amides is 1. The van der Waals surface area contributed by atoms with E-state index in [2.05, 4.69) is 34.1 Å². The lowest BCUT2D eigenvalue weighted by Crippen LogP contribution is -2.37. The fourth-order valence-electron chi connectivity index (χ4n) is 4.44. The number of fused-ring (bicyclic) bond motifs is 2. The van der Waals surface area contributed by atoms with E-state index in [0.29, 0.717) is 17.9 Å². The molecule has 2 aliphatic carbocycles. The largest absolute Gasteiger partial charge is 0.336 e. The van der Waals surface area contributed by atoms with Crippen LogP contribution in [0.5, 0.6) is 0 Å². The lowest BCUT2D eigenvalue weighted by atomic mass is 10.0. The zero-order valence-electron chi connectivity index (χ0n) is 14.5. The van der Waals surface area contributed by atoms with Gasteiger partial charge in [0, 0.05) is 31.5 Å². The summed E-state index contributed by atoms with van der Waals surface area (Å²) in [5.74, 6) is 2.09. The van der Waals surface area contributed by atoms with Gasteiger partial charge in [0.2, 0.25) is 5.82 Å². The van der Waals surface area contributed by atoms with Crippen molar-refractivity contribution in [3.05, 3.63) is 24.3 Å². The van der Waals surface area contributed by atoms with Crippen LogP contribution in [0, 0.1) is 11.8 Å². The van der Waals surface area contributed by atoms with E-state index >= 15 is 0 Å². The van der Waals surface area contributed by atoms with E-state index in [1.807, 2.05) is 11.9 Å². The summed E-state index contributed by atoms with van der Waals surface area (Å²) in [7, 11) is 6.22. The van der Waals surface area contributed by atoms with Crippen molar-refractivity contribution in [1.29, 1.82) is 0 Å². The van der Waals surface area contributed by atoms with Gasteiger partial charge >= 0.3 is 0 Å². The lowest BCUT2D eigenvalue weighted by molar-refractivity contribution is 0.0714. The molecule has 0 spiro atoms. The van der Waals surface area contributed by atoms with E-state index in [9.17, 15) is 4.79 Å². The van der Waals surface area contributed by atoms with Crippen molar-refractivity contribution in [2.24, 2.45) is 11.8 Å². The quantitative estimate of drug-likeness (QED) is 0.850. The highest BCUT2D eigenvalue weighted by molar-refractivity contribution is 5.90. The molecule has 0 saturated heterocycles. The number of hydrogen-bond acceptors (Lipinski definition) is 5. The average molecular weight is 328 g/mol. The van der Waals surface area contributed by atoms with E-state index in [4.69, 9.17) is 0 Å². The maximum Gasteiger partial charge on any atom is 0.293 e. The van der Waals surface area contributed by atoms with Crippen LogP contribution in [-0.4, -0.2) is 68.5 Å². The standard InChI is InChI=1S/C17H24N6O/c1-21(2)13-7-11-9-14(10-12(11)8-13)22(3)16(24)15-19-17-18-5-4-6-23(17)20-15/h4-6,11-14H,7-10H2,1-3H3/t11-,12-,13?,14?/m1/s1. The van der Waals surface area contributed by atoms with Crippen molar-refractivity contribution in [2.75, 3.05) is 21.1 Å². The Labute approximate surface area is 141 Å². The van der Waals surface area contributed by atoms with Gasteiger partial charge in [0.05, 0.1) is 0 Å². The fourth-order valence-corrected chi connectivity index (χ4v) is 4.44. The molecule has 2 aromatic rings. The normalized spacial score (nSPS) is 24.8. The van der Waals surface area contributed by atoms with Gasteiger partial charge in [-0.1, -0.05) is 0 Å².